The van der Waals surface area contributed by atoms with Gasteiger partial charge in [-0.25, -0.2) is 0 Å². The predicted octanol–water partition coefficient (Wildman–Crippen LogP) is 2.36. The molecule has 0 saturated carbocycles. The lowest BCUT2D eigenvalue weighted by molar-refractivity contribution is 0.787. The van der Waals surface area contributed by atoms with Crippen LogP contribution in [-0.2, 0) is 6.54 Å². The van der Waals surface area contributed by atoms with Crippen LogP contribution in [0, 0.1) is 6.92 Å². The smallest absolute Gasteiger partial charge is 0.0445 e. The van der Waals surface area contributed by atoms with Gasteiger partial charge in [-0.05, 0) is 30.7 Å². The SMILES string of the molecule is Cc1ccc(N(CCN)Cc2cccnc2)cc1. The van der Waals surface area contributed by atoms with Gasteiger partial charge in [0.1, 0.15) is 0 Å². The third kappa shape index (κ3) is 3.31. The molecule has 1 heterocycles. The third-order valence-corrected chi connectivity index (χ3v) is 2.89. The van der Waals surface area contributed by atoms with E-state index in [9.17, 15) is 0 Å². The maximum atomic E-state index is 5.69. The number of nitrogens with two attached hydrogens (primary N) is 1. The van der Waals surface area contributed by atoms with Crippen LogP contribution >= 0.6 is 0 Å². The van der Waals surface area contributed by atoms with E-state index in [4.69, 9.17) is 5.73 Å². The van der Waals surface area contributed by atoms with Crippen molar-refractivity contribution in [2.24, 2.45) is 5.73 Å². The molecule has 0 radical (unpaired) electrons. The topological polar surface area (TPSA) is 42.1 Å². The fourth-order valence-electron chi connectivity index (χ4n) is 1.92. The van der Waals surface area contributed by atoms with Crippen LogP contribution in [0.1, 0.15) is 11.1 Å². The summed E-state index contributed by atoms with van der Waals surface area (Å²) in [7, 11) is 0. The molecule has 2 aromatic rings. The van der Waals surface area contributed by atoms with E-state index in [2.05, 4.69) is 47.1 Å². The zero-order valence-corrected chi connectivity index (χ0v) is 10.7. The fraction of sp³-hybridized carbons (Fsp3) is 0.267. The van der Waals surface area contributed by atoms with E-state index in [1.807, 2.05) is 12.3 Å². The van der Waals surface area contributed by atoms with Gasteiger partial charge in [-0.3, -0.25) is 4.98 Å². The highest BCUT2D eigenvalue weighted by Crippen LogP contribution is 2.17. The zero-order chi connectivity index (χ0) is 12.8. The number of hydrogen-bond acceptors (Lipinski definition) is 3. The number of nitrogens with zero attached hydrogens (tertiary/aromatic N) is 2. The van der Waals surface area contributed by atoms with E-state index in [-0.39, 0.29) is 0 Å². The van der Waals surface area contributed by atoms with Crippen LogP contribution < -0.4 is 10.6 Å². The minimum atomic E-state index is 0.647. The van der Waals surface area contributed by atoms with Crippen molar-refractivity contribution in [1.82, 2.24) is 4.98 Å². The van der Waals surface area contributed by atoms with Gasteiger partial charge in [0.05, 0.1) is 0 Å². The van der Waals surface area contributed by atoms with E-state index in [1.165, 1.54) is 16.8 Å². The molecule has 0 aliphatic carbocycles. The average molecular weight is 241 g/mol. The van der Waals surface area contributed by atoms with E-state index in [0.29, 0.717) is 6.54 Å². The Kier molecular flexibility index (Phi) is 4.31. The van der Waals surface area contributed by atoms with Gasteiger partial charge in [-0.1, -0.05) is 23.8 Å². The molecule has 0 unspecified atom stereocenters. The summed E-state index contributed by atoms with van der Waals surface area (Å²) in [5, 5.41) is 0. The van der Waals surface area contributed by atoms with Gasteiger partial charge in [-0.2, -0.15) is 0 Å². The maximum Gasteiger partial charge on any atom is 0.0445 e. The maximum absolute atomic E-state index is 5.69. The van der Waals surface area contributed by atoms with Crippen molar-refractivity contribution in [2.75, 3.05) is 18.0 Å². The minimum absolute atomic E-state index is 0.647. The highest BCUT2D eigenvalue weighted by Gasteiger charge is 2.06. The summed E-state index contributed by atoms with van der Waals surface area (Å²) < 4.78 is 0. The largest absolute Gasteiger partial charge is 0.366 e. The lowest BCUT2D eigenvalue weighted by Crippen LogP contribution is -2.28. The summed E-state index contributed by atoms with van der Waals surface area (Å²) in [5.74, 6) is 0. The van der Waals surface area contributed by atoms with Gasteiger partial charge in [0.2, 0.25) is 0 Å². The molecule has 0 saturated heterocycles. The van der Waals surface area contributed by atoms with Gasteiger partial charge >= 0.3 is 0 Å². The second kappa shape index (κ2) is 6.17. The van der Waals surface area contributed by atoms with Crippen molar-refractivity contribution in [3.05, 3.63) is 59.9 Å². The molecule has 0 bridgehead atoms. The number of anilines is 1. The molecule has 3 heteroatoms. The van der Waals surface area contributed by atoms with Gasteiger partial charge in [0, 0.05) is 37.7 Å². The fourth-order valence-corrected chi connectivity index (χ4v) is 1.92. The van der Waals surface area contributed by atoms with Crippen molar-refractivity contribution in [3.63, 3.8) is 0 Å². The van der Waals surface area contributed by atoms with E-state index < -0.39 is 0 Å². The Hall–Kier alpha value is -1.87. The summed E-state index contributed by atoms with van der Waals surface area (Å²) in [6.45, 7) is 4.43. The molecule has 0 aliphatic heterocycles. The Labute approximate surface area is 108 Å². The number of aryl methyl sites for hydroxylation is 1. The molecule has 0 atom stereocenters. The lowest BCUT2D eigenvalue weighted by Gasteiger charge is -2.24. The summed E-state index contributed by atoms with van der Waals surface area (Å²) in [5.41, 5.74) is 9.37. The van der Waals surface area contributed by atoms with Crippen molar-refractivity contribution in [3.8, 4) is 0 Å². The van der Waals surface area contributed by atoms with E-state index in [1.54, 1.807) is 6.20 Å². The van der Waals surface area contributed by atoms with Crippen molar-refractivity contribution < 1.29 is 0 Å². The molecule has 0 amide bonds. The van der Waals surface area contributed by atoms with Crippen LogP contribution in [0.5, 0.6) is 0 Å². The normalized spacial score (nSPS) is 10.3. The molecular weight excluding hydrogens is 222 g/mol. The van der Waals surface area contributed by atoms with Gasteiger partial charge in [0.25, 0.3) is 0 Å². The quantitative estimate of drug-likeness (QED) is 0.873. The Balaban J connectivity index is 2.15. The third-order valence-electron chi connectivity index (χ3n) is 2.89. The molecule has 18 heavy (non-hydrogen) atoms. The van der Waals surface area contributed by atoms with Crippen LogP contribution in [0.15, 0.2) is 48.8 Å². The molecule has 1 aromatic heterocycles. The first kappa shape index (κ1) is 12.6. The molecule has 2 rings (SSSR count). The lowest BCUT2D eigenvalue weighted by atomic mass is 10.2. The highest BCUT2D eigenvalue weighted by molar-refractivity contribution is 5.48. The summed E-state index contributed by atoms with van der Waals surface area (Å²) in [6, 6.07) is 12.6. The van der Waals surface area contributed by atoms with Crippen molar-refractivity contribution in [2.45, 2.75) is 13.5 Å². The molecular formula is C15H19N3. The first-order valence-electron chi connectivity index (χ1n) is 6.20. The Morgan fingerprint density at radius 1 is 1.17 bits per heavy atom. The number of rotatable bonds is 5. The molecule has 0 fully saturated rings. The Morgan fingerprint density at radius 2 is 1.94 bits per heavy atom. The number of benzene rings is 1. The summed E-state index contributed by atoms with van der Waals surface area (Å²) in [6.07, 6.45) is 3.69. The van der Waals surface area contributed by atoms with Crippen molar-refractivity contribution in [1.29, 1.82) is 0 Å². The standard InChI is InChI=1S/C15H19N3/c1-13-4-6-15(7-5-13)18(10-8-16)12-14-3-2-9-17-11-14/h2-7,9,11H,8,10,12,16H2,1H3. The summed E-state index contributed by atoms with van der Waals surface area (Å²) in [4.78, 5) is 6.42. The second-order valence-corrected chi connectivity index (χ2v) is 4.41. The van der Waals surface area contributed by atoms with Crippen LogP contribution in [0.25, 0.3) is 0 Å². The number of pyridine rings is 1. The molecule has 0 aliphatic rings. The van der Waals surface area contributed by atoms with Crippen LogP contribution in [-0.4, -0.2) is 18.1 Å². The highest BCUT2D eigenvalue weighted by atomic mass is 15.1. The molecule has 2 N–H and O–H groups in total. The first-order valence-corrected chi connectivity index (χ1v) is 6.20. The average Bonchev–Trinajstić information content (AvgIpc) is 2.40. The Bertz CT molecular complexity index is 465. The van der Waals surface area contributed by atoms with Crippen LogP contribution in [0.2, 0.25) is 0 Å². The van der Waals surface area contributed by atoms with Crippen molar-refractivity contribution >= 4 is 5.69 Å². The second-order valence-electron chi connectivity index (χ2n) is 4.41. The van der Waals surface area contributed by atoms with Gasteiger partial charge in [0.15, 0.2) is 0 Å². The molecule has 0 spiro atoms. The van der Waals surface area contributed by atoms with E-state index >= 15 is 0 Å². The number of hydrogen-bond donors (Lipinski definition) is 1. The summed E-state index contributed by atoms with van der Waals surface area (Å²) >= 11 is 0. The van der Waals surface area contributed by atoms with Crippen LogP contribution in [0.4, 0.5) is 5.69 Å². The van der Waals surface area contributed by atoms with Gasteiger partial charge < -0.3 is 10.6 Å². The molecule has 3 nitrogen and oxygen atoms in total. The van der Waals surface area contributed by atoms with Gasteiger partial charge in [-0.15, -0.1) is 0 Å². The zero-order valence-electron chi connectivity index (χ0n) is 10.7. The first-order chi connectivity index (χ1) is 8.79. The van der Waals surface area contributed by atoms with E-state index in [0.717, 1.165) is 13.1 Å². The van der Waals surface area contributed by atoms with Crippen LogP contribution in [0.3, 0.4) is 0 Å². The number of aromatic nitrogens is 1. The predicted molar refractivity (Wildman–Crippen MR) is 75.5 cm³/mol. The molecule has 94 valence electrons. The molecule has 1 aromatic carbocycles. The monoisotopic (exact) mass is 241 g/mol. The Morgan fingerprint density at radius 3 is 2.56 bits per heavy atom. The minimum Gasteiger partial charge on any atom is -0.366 e.